The van der Waals surface area contributed by atoms with Crippen molar-refractivity contribution in [1.29, 1.82) is 0 Å². The Labute approximate surface area is 118 Å². The molecule has 0 aliphatic carbocycles. The highest BCUT2D eigenvalue weighted by Gasteiger charge is 2.10. The van der Waals surface area contributed by atoms with E-state index < -0.39 is 0 Å². The first-order valence-electron chi connectivity index (χ1n) is 7.91. The van der Waals surface area contributed by atoms with Crippen LogP contribution in [0.5, 0.6) is 0 Å². The molecule has 3 heteroatoms. The second-order valence-electron chi connectivity index (χ2n) is 5.76. The summed E-state index contributed by atoms with van der Waals surface area (Å²) in [6.45, 7) is 10.5. The Morgan fingerprint density at radius 3 is 2.74 bits per heavy atom. The first kappa shape index (κ1) is 14.6. The van der Waals surface area contributed by atoms with E-state index >= 15 is 0 Å². The van der Waals surface area contributed by atoms with E-state index in [1.165, 1.54) is 50.9 Å². The van der Waals surface area contributed by atoms with Crippen molar-refractivity contribution < 1.29 is 0 Å². The smallest absolute Gasteiger partial charge is 0.0347 e. The van der Waals surface area contributed by atoms with Crippen LogP contribution in [0.25, 0.3) is 0 Å². The lowest BCUT2D eigenvalue weighted by molar-refractivity contribution is 0.221. The van der Waals surface area contributed by atoms with E-state index in [4.69, 9.17) is 0 Å². The first-order valence-corrected chi connectivity index (χ1v) is 7.91. The van der Waals surface area contributed by atoms with Crippen LogP contribution in [-0.4, -0.2) is 35.6 Å². The van der Waals surface area contributed by atoms with Crippen molar-refractivity contribution in [3.8, 4) is 0 Å². The van der Waals surface area contributed by atoms with E-state index in [1.807, 2.05) is 0 Å². The van der Waals surface area contributed by atoms with Gasteiger partial charge in [0.15, 0.2) is 0 Å². The zero-order valence-electron chi connectivity index (χ0n) is 12.6. The average molecular weight is 263 g/mol. The predicted octanol–water partition coefficient (Wildman–Crippen LogP) is 3.03. The summed E-state index contributed by atoms with van der Waals surface area (Å²) in [6.07, 6.45) is 9.91. The molecule has 3 nitrogen and oxygen atoms in total. The van der Waals surface area contributed by atoms with Crippen LogP contribution < -0.4 is 5.32 Å². The van der Waals surface area contributed by atoms with Gasteiger partial charge < -0.3 is 14.8 Å². The van der Waals surface area contributed by atoms with Crippen LogP contribution in [0.4, 0.5) is 0 Å². The first-order chi connectivity index (χ1) is 9.29. The Kier molecular flexibility index (Phi) is 5.93. The lowest BCUT2D eigenvalue weighted by Crippen LogP contribution is -2.32. The summed E-state index contributed by atoms with van der Waals surface area (Å²) in [7, 11) is 0. The Morgan fingerprint density at radius 1 is 1.21 bits per heavy atom. The molecule has 0 aromatic carbocycles. The van der Waals surface area contributed by atoms with Crippen LogP contribution >= 0.6 is 0 Å². The van der Waals surface area contributed by atoms with Gasteiger partial charge in [-0.25, -0.2) is 0 Å². The predicted molar refractivity (Wildman–Crippen MR) is 81.4 cm³/mol. The molecular formula is C16H29N3. The molecule has 1 aliphatic heterocycles. The second kappa shape index (κ2) is 7.71. The lowest BCUT2D eigenvalue weighted by atomic mass is 10.1. The van der Waals surface area contributed by atoms with E-state index in [-0.39, 0.29) is 0 Å². The van der Waals surface area contributed by atoms with Crippen LogP contribution in [0.1, 0.15) is 51.1 Å². The van der Waals surface area contributed by atoms with Crippen LogP contribution in [0.3, 0.4) is 0 Å². The molecule has 1 saturated heterocycles. The number of aromatic nitrogens is 1. The minimum atomic E-state index is 0.469. The van der Waals surface area contributed by atoms with Gasteiger partial charge >= 0.3 is 0 Å². The van der Waals surface area contributed by atoms with E-state index in [0.717, 1.165) is 13.1 Å². The number of hydrogen-bond acceptors (Lipinski definition) is 2. The molecule has 0 radical (unpaired) electrons. The Morgan fingerprint density at radius 2 is 2.00 bits per heavy atom. The SMILES string of the molecule is CCCNC(C)c1ccn(CCN2CCCCC2)c1. The molecule has 0 spiro atoms. The summed E-state index contributed by atoms with van der Waals surface area (Å²) in [4.78, 5) is 2.60. The molecule has 0 saturated carbocycles. The molecule has 1 N–H and O–H groups in total. The van der Waals surface area contributed by atoms with Crippen molar-refractivity contribution in [2.24, 2.45) is 0 Å². The third kappa shape index (κ3) is 4.66. The van der Waals surface area contributed by atoms with Crippen molar-refractivity contribution >= 4 is 0 Å². The molecule has 1 aromatic heterocycles. The fourth-order valence-electron chi connectivity index (χ4n) is 2.77. The summed E-state index contributed by atoms with van der Waals surface area (Å²) in [5.74, 6) is 0. The summed E-state index contributed by atoms with van der Waals surface area (Å²) in [6, 6.07) is 2.72. The molecule has 1 fully saturated rings. The molecule has 19 heavy (non-hydrogen) atoms. The number of nitrogens with one attached hydrogen (secondary N) is 1. The zero-order chi connectivity index (χ0) is 13.5. The number of hydrogen-bond donors (Lipinski definition) is 1. The quantitative estimate of drug-likeness (QED) is 0.816. The van der Waals surface area contributed by atoms with E-state index in [1.54, 1.807) is 0 Å². The van der Waals surface area contributed by atoms with Crippen molar-refractivity contribution in [3.63, 3.8) is 0 Å². The average Bonchev–Trinajstić information content (AvgIpc) is 2.92. The van der Waals surface area contributed by atoms with Crippen molar-refractivity contribution in [2.45, 2.75) is 52.1 Å². The Hall–Kier alpha value is -0.800. The topological polar surface area (TPSA) is 20.2 Å². The van der Waals surface area contributed by atoms with Crippen molar-refractivity contribution in [2.75, 3.05) is 26.2 Å². The highest BCUT2D eigenvalue weighted by Crippen LogP contribution is 2.13. The normalized spacial score (nSPS) is 18.6. The van der Waals surface area contributed by atoms with Gasteiger partial charge in [0.2, 0.25) is 0 Å². The molecular weight excluding hydrogens is 234 g/mol. The lowest BCUT2D eigenvalue weighted by Gasteiger charge is -2.26. The highest BCUT2D eigenvalue weighted by molar-refractivity contribution is 5.14. The van der Waals surface area contributed by atoms with Crippen LogP contribution in [-0.2, 0) is 6.54 Å². The largest absolute Gasteiger partial charge is 0.353 e. The summed E-state index contributed by atoms with van der Waals surface area (Å²) >= 11 is 0. The van der Waals surface area contributed by atoms with Crippen molar-refractivity contribution in [1.82, 2.24) is 14.8 Å². The van der Waals surface area contributed by atoms with Crippen molar-refractivity contribution in [3.05, 3.63) is 24.0 Å². The maximum Gasteiger partial charge on any atom is 0.0347 e. The Bertz CT molecular complexity index is 353. The number of piperidine rings is 1. The van der Waals surface area contributed by atoms with E-state index in [2.05, 4.69) is 47.1 Å². The standard InChI is InChI=1S/C16H29N3/c1-3-8-17-15(2)16-7-11-19(14-16)13-12-18-9-5-4-6-10-18/h7,11,14-15,17H,3-6,8-10,12-13H2,1-2H3. The maximum atomic E-state index is 3.54. The van der Waals surface area contributed by atoms with Gasteiger partial charge in [-0.15, -0.1) is 0 Å². The second-order valence-corrected chi connectivity index (χ2v) is 5.76. The third-order valence-corrected chi connectivity index (χ3v) is 4.10. The fraction of sp³-hybridized carbons (Fsp3) is 0.750. The third-order valence-electron chi connectivity index (χ3n) is 4.10. The van der Waals surface area contributed by atoms with Gasteiger partial charge in [-0.05, 0) is 57.5 Å². The van der Waals surface area contributed by atoms with Gasteiger partial charge in [-0.3, -0.25) is 0 Å². The van der Waals surface area contributed by atoms with Crippen LogP contribution in [0, 0.1) is 0 Å². The molecule has 108 valence electrons. The maximum absolute atomic E-state index is 3.54. The van der Waals surface area contributed by atoms with E-state index in [0.29, 0.717) is 6.04 Å². The van der Waals surface area contributed by atoms with Gasteiger partial charge in [-0.2, -0.15) is 0 Å². The van der Waals surface area contributed by atoms with Gasteiger partial charge in [-0.1, -0.05) is 13.3 Å². The molecule has 1 unspecified atom stereocenters. The molecule has 2 rings (SSSR count). The van der Waals surface area contributed by atoms with Gasteiger partial charge in [0, 0.05) is 31.5 Å². The van der Waals surface area contributed by atoms with Gasteiger partial charge in [0.1, 0.15) is 0 Å². The van der Waals surface area contributed by atoms with Crippen LogP contribution in [0.15, 0.2) is 18.5 Å². The van der Waals surface area contributed by atoms with E-state index in [9.17, 15) is 0 Å². The molecule has 2 heterocycles. The van der Waals surface area contributed by atoms with Gasteiger partial charge in [0.05, 0.1) is 0 Å². The summed E-state index contributed by atoms with van der Waals surface area (Å²) in [5, 5.41) is 3.54. The minimum absolute atomic E-state index is 0.469. The monoisotopic (exact) mass is 263 g/mol. The number of nitrogens with zero attached hydrogens (tertiary/aromatic N) is 2. The fourth-order valence-corrected chi connectivity index (χ4v) is 2.77. The zero-order valence-corrected chi connectivity index (χ0v) is 12.6. The minimum Gasteiger partial charge on any atom is -0.353 e. The summed E-state index contributed by atoms with van der Waals surface area (Å²) in [5.41, 5.74) is 1.41. The molecule has 1 aromatic rings. The van der Waals surface area contributed by atoms with Crippen LogP contribution in [0.2, 0.25) is 0 Å². The molecule has 1 aliphatic rings. The molecule has 0 amide bonds. The number of likely N-dealkylation sites (tertiary alicyclic amines) is 1. The number of rotatable bonds is 7. The molecule has 1 atom stereocenters. The molecule has 0 bridgehead atoms. The highest BCUT2D eigenvalue weighted by atomic mass is 15.1. The van der Waals surface area contributed by atoms with Gasteiger partial charge in [0.25, 0.3) is 0 Å². The Balaban J connectivity index is 1.76. The summed E-state index contributed by atoms with van der Waals surface area (Å²) < 4.78 is 2.34.